The van der Waals surface area contributed by atoms with Gasteiger partial charge in [0.25, 0.3) is 0 Å². The van der Waals surface area contributed by atoms with Crippen LogP contribution in [0.25, 0.3) is 0 Å². The van der Waals surface area contributed by atoms with Gasteiger partial charge in [-0.3, -0.25) is 4.79 Å². The molecule has 0 aromatic carbocycles. The topological polar surface area (TPSA) is 17.1 Å². The molecule has 0 N–H and O–H groups in total. The minimum Gasteiger partial charge on any atom is -0.299 e. The molecule has 48 valence electrons. The molecule has 1 nitrogen and oxygen atoms in total. The van der Waals surface area contributed by atoms with Crippen LogP contribution in [0.15, 0.2) is 0 Å². The Labute approximate surface area is 54.8 Å². The Hall–Kier alpha value is 0.0200. The molecule has 0 unspecified atom stereocenters. The van der Waals surface area contributed by atoms with Gasteiger partial charge < -0.3 is 0 Å². The average molecular weight is 132 g/mol. The van der Waals surface area contributed by atoms with Crippen LogP contribution in [0.4, 0.5) is 0 Å². The van der Waals surface area contributed by atoms with Crippen molar-refractivity contribution in [1.29, 1.82) is 0 Å². The number of carbonyl (C=O) groups excluding carboxylic acids is 1. The fourth-order valence-corrected chi connectivity index (χ4v) is 0.978. The van der Waals surface area contributed by atoms with Gasteiger partial charge in [0.05, 0.1) is 5.75 Å². The lowest BCUT2D eigenvalue weighted by atomic mass is 10.3. The Bertz CT molecular complexity index is 62.9. The van der Waals surface area contributed by atoms with Gasteiger partial charge in [-0.2, -0.15) is 11.8 Å². The quantitative estimate of drug-likeness (QED) is 0.579. The highest BCUT2D eigenvalue weighted by atomic mass is 32.2. The van der Waals surface area contributed by atoms with Crippen molar-refractivity contribution >= 4 is 17.5 Å². The Kier molecular flexibility index (Phi) is 5.18. The molecular formula is C6H12OS. The lowest BCUT2D eigenvalue weighted by Gasteiger charge is -1.91. The molecule has 0 saturated carbocycles. The predicted octanol–water partition coefficient (Wildman–Crippen LogP) is 1.72. The van der Waals surface area contributed by atoms with Crippen LogP contribution in [0, 0.1) is 0 Å². The normalized spacial score (nSPS) is 9.25. The van der Waals surface area contributed by atoms with E-state index in [1.54, 1.807) is 11.8 Å². The minimum absolute atomic E-state index is 0.375. The summed E-state index contributed by atoms with van der Waals surface area (Å²) in [6, 6.07) is 0. The van der Waals surface area contributed by atoms with Crippen molar-refractivity contribution < 1.29 is 4.79 Å². The minimum atomic E-state index is 0.375. The maximum Gasteiger partial charge on any atom is 0.142 e. The third-order valence-electron chi connectivity index (χ3n) is 0.834. The molecule has 0 aliphatic carbocycles. The van der Waals surface area contributed by atoms with Crippen LogP contribution in [0.1, 0.15) is 19.8 Å². The largest absolute Gasteiger partial charge is 0.299 e. The van der Waals surface area contributed by atoms with Gasteiger partial charge in [-0.25, -0.2) is 0 Å². The van der Waals surface area contributed by atoms with Crippen molar-refractivity contribution in [2.75, 3.05) is 12.0 Å². The van der Waals surface area contributed by atoms with Gasteiger partial charge in [-0.1, -0.05) is 6.92 Å². The van der Waals surface area contributed by atoms with E-state index in [2.05, 4.69) is 0 Å². The Morgan fingerprint density at radius 1 is 1.62 bits per heavy atom. The summed E-state index contributed by atoms with van der Waals surface area (Å²) in [4.78, 5) is 10.6. The molecule has 0 bridgehead atoms. The first-order valence-corrected chi connectivity index (χ1v) is 4.21. The second-order valence-electron chi connectivity index (χ2n) is 1.72. The number of thioether (sulfide) groups is 1. The number of Topliss-reactive ketones (excluding diaryl/α,β-unsaturated/α-hetero) is 1. The Morgan fingerprint density at radius 2 is 2.25 bits per heavy atom. The standard InChI is InChI=1S/C6H12OS/c1-3-4-6(7)5-8-2/h3-5H2,1-2H3. The van der Waals surface area contributed by atoms with E-state index in [4.69, 9.17) is 0 Å². The molecule has 2 heteroatoms. The van der Waals surface area contributed by atoms with Gasteiger partial charge in [-0.15, -0.1) is 0 Å². The summed E-state index contributed by atoms with van der Waals surface area (Å²) in [7, 11) is 0. The van der Waals surface area contributed by atoms with E-state index < -0.39 is 0 Å². The van der Waals surface area contributed by atoms with E-state index in [9.17, 15) is 4.79 Å². The van der Waals surface area contributed by atoms with E-state index in [1.807, 2.05) is 13.2 Å². The molecule has 0 aliphatic rings. The fraction of sp³-hybridized carbons (Fsp3) is 0.833. The number of hydrogen-bond acceptors (Lipinski definition) is 2. The molecule has 0 spiro atoms. The molecule has 8 heavy (non-hydrogen) atoms. The molecule has 0 fully saturated rings. The molecule has 0 heterocycles. The first-order valence-electron chi connectivity index (χ1n) is 2.82. The summed E-state index contributed by atoms with van der Waals surface area (Å²) in [6.07, 6.45) is 3.69. The highest BCUT2D eigenvalue weighted by molar-refractivity contribution is 7.99. The number of ketones is 1. The van der Waals surface area contributed by atoms with Crippen LogP contribution in [-0.4, -0.2) is 17.8 Å². The highest BCUT2D eigenvalue weighted by Gasteiger charge is 1.95. The third kappa shape index (κ3) is 4.19. The maximum absolute atomic E-state index is 10.6. The molecule has 0 amide bonds. The Balaban J connectivity index is 3.06. The summed E-state index contributed by atoms with van der Waals surface area (Å²) in [6.45, 7) is 2.03. The molecule has 0 aromatic heterocycles. The van der Waals surface area contributed by atoms with Crippen molar-refractivity contribution in [2.45, 2.75) is 19.8 Å². The second kappa shape index (κ2) is 5.16. The molecular weight excluding hydrogens is 120 g/mol. The number of hydrogen-bond donors (Lipinski definition) is 0. The Morgan fingerprint density at radius 3 is 2.62 bits per heavy atom. The first-order chi connectivity index (χ1) is 3.81. The van der Waals surface area contributed by atoms with Crippen molar-refractivity contribution in [3.05, 3.63) is 0 Å². The van der Waals surface area contributed by atoms with Gasteiger partial charge in [0.15, 0.2) is 0 Å². The smallest absolute Gasteiger partial charge is 0.142 e. The molecule has 0 aliphatic heterocycles. The van der Waals surface area contributed by atoms with Gasteiger partial charge in [0, 0.05) is 6.42 Å². The van der Waals surface area contributed by atoms with E-state index >= 15 is 0 Å². The van der Waals surface area contributed by atoms with Crippen molar-refractivity contribution in [2.24, 2.45) is 0 Å². The molecule has 0 atom stereocenters. The fourth-order valence-electron chi connectivity index (χ4n) is 0.512. The molecule has 0 aromatic rings. The zero-order chi connectivity index (χ0) is 6.41. The summed E-state index contributed by atoms with van der Waals surface area (Å²) in [5.74, 6) is 1.06. The molecule has 0 rings (SSSR count). The number of rotatable bonds is 4. The highest BCUT2D eigenvalue weighted by Crippen LogP contribution is 1.96. The van der Waals surface area contributed by atoms with Crippen LogP contribution in [-0.2, 0) is 4.79 Å². The number of carbonyl (C=O) groups is 1. The maximum atomic E-state index is 10.6. The zero-order valence-corrected chi connectivity index (χ0v) is 6.25. The summed E-state index contributed by atoms with van der Waals surface area (Å²) in [5, 5.41) is 0. The van der Waals surface area contributed by atoms with Crippen LogP contribution < -0.4 is 0 Å². The average Bonchev–Trinajstić information content (AvgIpc) is 1.68. The zero-order valence-electron chi connectivity index (χ0n) is 5.44. The molecule has 0 saturated heterocycles. The van der Waals surface area contributed by atoms with E-state index in [1.165, 1.54) is 0 Å². The van der Waals surface area contributed by atoms with Crippen LogP contribution in [0.2, 0.25) is 0 Å². The van der Waals surface area contributed by atoms with Crippen LogP contribution in [0.3, 0.4) is 0 Å². The van der Waals surface area contributed by atoms with Gasteiger partial charge in [0.2, 0.25) is 0 Å². The van der Waals surface area contributed by atoms with Crippen LogP contribution >= 0.6 is 11.8 Å². The van der Waals surface area contributed by atoms with Crippen molar-refractivity contribution in [1.82, 2.24) is 0 Å². The van der Waals surface area contributed by atoms with Crippen molar-refractivity contribution in [3.8, 4) is 0 Å². The molecule has 0 radical (unpaired) electrons. The van der Waals surface area contributed by atoms with Gasteiger partial charge in [-0.05, 0) is 12.7 Å². The lowest BCUT2D eigenvalue weighted by Crippen LogP contribution is -1.98. The van der Waals surface area contributed by atoms with Crippen molar-refractivity contribution in [3.63, 3.8) is 0 Å². The summed E-state index contributed by atoms with van der Waals surface area (Å²) in [5.41, 5.74) is 0. The van der Waals surface area contributed by atoms with Gasteiger partial charge >= 0.3 is 0 Å². The van der Waals surface area contributed by atoms with Crippen LogP contribution in [0.5, 0.6) is 0 Å². The summed E-state index contributed by atoms with van der Waals surface area (Å²) < 4.78 is 0. The second-order valence-corrected chi connectivity index (χ2v) is 2.59. The third-order valence-corrected chi connectivity index (χ3v) is 1.44. The van der Waals surface area contributed by atoms with E-state index in [0.717, 1.165) is 12.8 Å². The summed E-state index contributed by atoms with van der Waals surface area (Å²) >= 11 is 1.60. The SMILES string of the molecule is CCCC(=O)CSC. The van der Waals surface area contributed by atoms with Gasteiger partial charge in [0.1, 0.15) is 5.78 Å². The predicted molar refractivity (Wildman–Crippen MR) is 38.3 cm³/mol. The monoisotopic (exact) mass is 132 g/mol. The first kappa shape index (κ1) is 8.02. The van der Waals surface area contributed by atoms with E-state index in [-0.39, 0.29) is 0 Å². The lowest BCUT2D eigenvalue weighted by molar-refractivity contribution is -0.116. The van der Waals surface area contributed by atoms with E-state index in [0.29, 0.717) is 11.5 Å².